The Balaban J connectivity index is 2.98. The number of hydrogen-bond donors (Lipinski definition) is 1. The molecule has 0 aliphatic carbocycles. The SMILES string of the molecule is [C-]#[N+]/C(=C\c1ccc(OC)cc1)C(=O)O. The van der Waals surface area contributed by atoms with Crippen molar-refractivity contribution in [2.24, 2.45) is 0 Å². The van der Waals surface area contributed by atoms with Crippen LogP contribution in [0.15, 0.2) is 30.0 Å². The molecule has 0 heterocycles. The molecule has 15 heavy (non-hydrogen) atoms. The minimum Gasteiger partial charge on any atom is -0.497 e. The largest absolute Gasteiger partial charge is 0.497 e. The van der Waals surface area contributed by atoms with Gasteiger partial charge in [0, 0.05) is 0 Å². The van der Waals surface area contributed by atoms with Gasteiger partial charge in [0.2, 0.25) is 0 Å². The molecular weight excluding hydrogens is 194 g/mol. The number of aliphatic carboxylic acids is 1. The van der Waals surface area contributed by atoms with E-state index in [9.17, 15) is 4.79 Å². The zero-order valence-corrected chi connectivity index (χ0v) is 8.10. The molecule has 1 aromatic rings. The minimum absolute atomic E-state index is 0.305. The van der Waals surface area contributed by atoms with Gasteiger partial charge >= 0.3 is 5.97 Å². The Labute approximate surface area is 87.2 Å². The summed E-state index contributed by atoms with van der Waals surface area (Å²) in [4.78, 5) is 13.5. The van der Waals surface area contributed by atoms with Crippen LogP contribution >= 0.6 is 0 Å². The van der Waals surface area contributed by atoms with E-state index in [1.807, 2.05) is 0 Å². The Bertz CT molecular complexity index is 426. The molecule has 0 spiro atoms. The molecule has 0 amide bonds. The Hall–Kier alpha value is -2.28. The van der Waals surface area contributed by atoms with E-state index in [-0.39, 0.29) is 5.70 Å². The molecule has 1 aromatic carbocycles. The minimum atomic E-state index is -1.22. The third-order valence-electron chi connectivity index (χ3n) is 1.76. The predicted molar refractivity (Wildman–Crippen MR) is 55.2 cm³/mol. The van der Waals surface area contributed by atoms with Gasteiger partial charge in [0.15, 0.2) is 0 Å². The number of ether oxygens (including phenoxy) is 1. The van der Waals surface area contributed by atoms with Gasteiger partial charge in [0.1, 0.15) is 5.75 Å². The zero-order chi connectivity index (χ0) is 11.3. The second kappa shape index (κ2) is 4.82. The summed E-state index contributed by atoms with van der Waals surface area (Å²) in [5, 5.41) is 8.63. The summed E-state index contributed by atoms with van der Waals surface area (Å²) < 4.78 is 4.95. The first-order valence-electron chi connectivity index (χ1n) is 4.14. The Morgan fingerprint density at radius 1 is 1.47 bits per heavy atom. The molecule has 0 aliphatic rings. The number of rotatable bonds is 3. The van der Waals surface area contributed by atoms with Crippen LogP contribution in [-0.4, -0.2) is 18.2 Å². The van der Waals surface area contributed by atoms with E-state index in [2.05, 4.69) is 4.85 Å². The molecule has 0 radical (unpaired) electrons. The van der Waals surface area contributed by atoms with Crippen LogP contribution in [0.4, 0.5) is 0 Å². The van der Waals surface area contributed by atoms with E-state index < -0.39 is 5.97 Å². The van der Waals surface area contributed by atoms with Crippen LogP contribution in [-0.2, 0) is 4.79 Å². The second-order valence-electron chi connectivity index (χ2n) is 2.72. The van der Waals surface area contributed by atoms with Gasteiger partial charge in [-0.3, -0.25) is 4.79 Å². The van der Waals surface area contributed by atoms with E-state index in [1.165, 1.54) is 6.08 Å². The highest BCUT2D eigenvalue weighted by Crippen LogP contribution is 2.14. The standard InChI is InChI=1S/C11H9NO3/c1-12-10(11(13)14)7-8-3-5-9(15-2)6-4-8/h3-7H,2H3,(H,13,14)/b10-7-. The van der Waals surface area contributed by atoms with Crippen LogP contribution in [0.2, 0.25) is 0 Å². The molecule has 4 nitrogen and oxygen atoms in total. The van der Waals surface area contributed by atoms with E-state index in [1.54, 1.807) is 31.4 Å². The number of hydrogen-bond acceptors (Lipinski definition) is 2. The quantitative estimate of drug-likeness (QED) is 0.604. The lowest BCUT2D eigenvalue weighted by atomic mass is 10.2. The monoisotopic (exact) mass is 203 g/mol. The maximum absolute atomic E-state index is 10.6. The van der Waals surface area contributed by atoms with Gasteiger partial charge < -0.3 is 9.84 Å². The number of carbonyl (C=O) groups is 1. The first kappa shape index (κ1) is 10.8. The number of methoxy groups -OCH3 is 1. The van der Waals surface area contributed by atoms with E-state index in [0.717, 1.165) is 0 Å². The molecule has 0 aromatic heterocycles. The molecule has 4 heteroatoms. The van der Waals surface area contributed by atoms with Crippen molar-refractivity contribution < 1.29 is 14.6 Å². The van der Waals surface area contributed by atoms with E-state index >= 15 is 0 Å². The fraction of sp³-hybridized carbons (Fsp3) is 0.0909. The molecule has 0 saturated carbocycles. The fourth-order valence-corrected chi connectivity index (χ4v) is 1.000. The van der Waals surface area contributed by atoms with Gasteiger partial charge in [-0.25, -0.2) is 4.85 Å². The van der Waals surface area contributed by atoms with Crippen LogP contribution in [0.1, 0.15) is 5.56 Å². The summed E-state index contributed by atoms with van der Waals surface area (Å²) in [5.74, 6) is -0.535. The fourth-order valence-electron chi connectivity index (χ4n) is 1.000. The highest BCUT2D eigenvalue weighted by Gasteiger charge is 2.05. The van der Waals surface area contributed by atoms with E-state index in [4.69, 9.17) is 16.4 Å². The smallest absolute Gasteiger partial charge is 0.333 e. The lowest BCUT2D eigenvalue weighted by Crippen LogP contribution is -1.95. The summed E-state index contributed by atoms with van der Waals surface area (Å²) in [7, 11) is 1.55. The van der Waals surface area contributed by atoms with Crippen molar-refractivity contribution in [3.8, 4) is 5.75 Å². The van der Waals surface area contributed by atoms with Crippen molar-refractivity contribution in [2.45, 2.75) is 0 Å². The molecule has 0 atom stereocenters. The molecular formula is C11H9NO3. The second-order valence-corrected chi connectivity index (χ2v) is 2.72. The average Bonchev–Trinajstić information content (AvgIpc) is 2.26. The lowest BCUT2D eigenvalue weighted by Gasteiger charge is -1.99. The topological polar surface area (TPSA) is 50.9 Å². The van der Waals surface area contributed by atoms with Crippen molar-refractivity contribution >= 4 is 12.0 Å². The number of nitrogens with zero attached hydrogens (tertiary/aromatic N) is 1. The maximum atomic E-state index is 10.6. The molecule has 0 fully saturated rings. The van der Waals surface area contributed by atoms with Gasteiger partial charge in [-0.1, -0.05) is 12.1 Å². The maximum Gasteiger partial charge on any atom is 0.333 e. The van der Waals surface area contributed by atoms with Crippen molar-refractivity contribution in [3.63, 3.8) is 0 Å². The summed E-state index contributed by atoms with van der Waals surface area (Å²) >= 11 is 0. The number of carboxylic acid groups (broad SMARTS) is 1. The van der Waals surface area contributed by atoms with Gasteiger partial charge in [0.25, 0.3) is 5.70 Å². The van der Waals surface area contributed by atoms with E-state index in [0.29, 0.717) is 11.3 Å². The third kappa shape index (κ3) is 2.85. The third-order valence-corrected chi connectivity index (χ3v) is 1.76. The first-order valence-corrected chi connectivity index (χ1v) is 4.14. The molecule has 1 rings (SSSR count). The first-order chi connectivity index (χ1) is 7.17. The van der Waals surface area contributed by atoms with Crippen LogP contribution in [0, 0.1) is 6.57 Å². The highest BCUT2D eigenvalue weighted by atomic mass is 16.5. The van der Waals surface area contributed by atoms with Crippen LogP contribution in [0.5, 0.6) is 5.75 Å². The average molecular weight is 203 g/mol. The van der Waals surface area contributed by atoms with Gasteiger partial charge in [-0.2, -0.15) is 0 Å². The normalized spacial score (nSPS) is 10.5. The van der Waals surface area contributed by atoms with Crippen molar-refractivity contribution in [3.05, 3.63) is 46.9 Å². The molecule has 0 unspecified atom stereocenters. The number of carboxylic acids is 1. The van der Waals surface area contributed by atoms with Crippen LogP contribution in [0.25, 0.3) is 10.9 Å². The number of benzene rings is 1. The lowest BCUT2D eigenvalue weighted by molar-refractivity contribution is -0.132. The van der Waals surface area contributed by atoms with Crippen molar-refractivity contribution in [2.75, 3.05) is 7.11 Å². The molecule has 1 N–H and O–H groups in total. The molecule has 76 valence electrons. The molecule has 0 saturated heterocycles. The summed E-state index contributed by atoms with van der Waals surface area (Å²) in [6, 6.07) is 6.78. The van der Waals surface area contributed by atoms with Gasteiger partial charge in [-0.05, 0) is 23.8 Å². The Morgan fingerprint density at radius 2 is 2.07 bits per heavy atom. The summed E-state index contributed by atoms with van der Waals surface area (Å²) in [5.41, 5.74) is 0.351. The van der Waals surface area contributed by atoms with Crippen molar-refractivity contribution in [1.82, 2.24) is 0 Å². The predicted octanol–water partition coefficient (Wildman–Crippen LogP) is 2.04. The Morgan fingerprint density at radius 3 is 2.47 bits per heavy atom. The van der Waals surface area contributed by atoms with Gasteiger partial charge in [-0.15, -0.1) is 0 Å². The molecule has 0 bridgehead atoms. The zero-order valence-electron chi connectivity index (χ0n) is 8.10. The van der Waals surface area contributed by atoms with Crippen LogP contribution < -0.4 is 4.74 Å². The van der Waals surface area contributed by atoms with Crippen molar-refractivity contribution in [1.29, 1.82) is 0 Å². The highest BCUT2D eigenvalue weighted by molar-refractivity contribution is 5.94. The summed E-state index contributed by atoms with van der Waals surface area (Å²) in [6.07, 6.45) is 1.31. The molecule has 0 aliphatic heterocycles. The summed E-state index contributed by atoms with van der Waals surface area (Å²) in [6.45, 7) is 6.67. The Kier molecular flexibility index (Phi) is 3.47. The van der Waals surface area contributed by atoms with Crippen LogP contribution in [0.3, 0.4) is 0 Å². The van der Waals surface area contributed by atoms with Gasteiger partial charge in [0.05, 0.1) is 13.7 Å².